The van der Waals surface area contributed by atoms with Gasteiger partial charge in [-0.25, -0.2) is 0 Å². The minimum absolute atomic E-state index is 0.132. The Hall–Kier alpha value is -1.25. The number of benzene rings is 1. The average Bonchev–Trinajstić information content (AvgIpc) is 2.28. The van der Waals surface area contributed by atoms with Gasteiger partial charge < -0.3 is 5.32 Å². The molecule has 2 rings (SSSR count). The molecule has 2 nitrogen and oxygen atoms in total. The summed E-state index contributed by atoms with van der Waals surface area (Å²) in [6.45, 7) is 0. The Balaban J connectivity index is 2.35. The molecular formula is C10H12BNO. The number of aryl methyl sites for hydroxylation is 1. The minimum atomic E-state index is 0.132. The second-order valence-electron chi connectivity index (χ2n) is 3.59. The summed E-state index contributed by atoms with van der Waals surface area (Å²) < 4.78 is 0. The van der Waals surface area contributed by atoms with E-state index in [2.05, 4.69) is 11.4 Å². The summed E-state index contributed by atoms with van der Waals surface area (Å²) in [5.74, 6) is 0.275. The van der Waals surface area contributed by atoms with Crippen LogP contribution in [0.4, 0.5) is 5.69 Å². The molecule has 1 atom stereocenters. The van der Waals surface area contributed by atoms with Crippen LogP contribution in [-0.4, -0.2) is 13.8 Å². The van der Waals surface area contributed by atoms with E-state index in [1.54, 1.807) is 0 Å². The third kappa shape index (κ3) is 1.59. The highest BCUT2D eigenvalue weighted by Crippen LogP contribution is 2.24. The first kappa shape index (κ1) is 8.36. The first-order valence-corrected chi connectivity index (χ1v) is 4.66. The molecule has 1 N–H and O–H groups in total. The number of rotatable bonds is 0. The van der Waals surface area contributed by atoms with Crippen LogP contribution in [0.3, 0.4) is 0 Å². The fraction of sp³-hybridized carbons (Fsp3) is 0.300. The molecule has 66 valence electrons. The van der Waals surface area contributed by atoms with Crippen molar-refractivity contribution in [2.24, 2.45) is 0 Å². The van der Waals surface area contributed by atoms with Crippen LogP contribution >= 0.6 is 0 Å². The second-order valence-corrected chi connectivity index (χ2v) is 3.59. The second kappa shape index (κ2) is 3.25. The highest BCUT2D eigenvalue weighted by Gasteiger charge is 2.18. The maximum Gasteiger partial charge on any atom is 0.219 e. The van der Waals surface area contributed by atoms with Gasteiger partial charge in [-0.2, -0.15) is 0 Å². The maximum atomic E-state index is 11.5. The van der Waals surface area contributed by atoms with Crippen LogP contribution in [0.2, 0.25) is 5.82 Å². The lowest BCUT2D eigenvalue weighted by Crippen LogP contribution is -2.16. The van der Waals surface area contributed by atoms with Crippen molar-refractivity contribution in [3.05, 3.63) is 29.8 Å². The highest BCUT2D eigenvalue weighted by molar-refractivity contribution is 6.26. The van der Waals surface area contributed by atoms with Crippen LogP contribution in [0.25, 0.3) is 0 Å². The molecule has 1 aliphatic rings. The van der Waals surface area contributed by atoms with Gasteiger partial charge in [-0.05, 0) is 24.5 Å². The van der Waals surface area contributed by atoms with Crippen LogP contribution in [0, 0.1) is 0 Å². The van der Waals surface area contributed by atoms with E-state index >= 15 is 0 Å². The topological polar surface area (TPSA) is 29.1 Å². The van der Waals surface area contributed by atoms with Crippen molar-refractivity contribution in [1.29, 1.82) is 0 Å². The lowest BCUT2D eigenvalue weighted by Gasteiger charge is -2.06. The lowest BCUT2D eigenvalue weighted by atomic mass is 9.83. The van der Waals surface area contributed by atoms with Crippen molar-refractivity contribution in [2.75, 3.05) is 5.32 Å². The number of hydrogen-bond acceptors (Lipinski definition) is 1. The molecule has 1 aromatic rings. The van der Waals surface area contributed by atoms with Crippen LogP contribution in [0.15, 0.2) is 24.3 Å². The molecule has 1 amide bonds. The fourth-order valence-corrected chi connectivity index (χ4v) is 1.62. The number of para-hydroxylation sites is 1. The molecule has 1 heterocycles. The van der Waals surface area contributed by atoms with Gasteiger partial charge in [0.1, 0.15) is 7.85 Å². The zero-order valence-corrected chi connectivity index (χ0v) is 7.71. The largest absolute Gasteiger partial charge is 0.326 e. The van der Waals surface area contributed by atoms with Gasteiger partial charge in [0.15, 0.2) is 0 Å². The molecule has 0 radical (unpaired) electrons. The summed E-state index contributed by atoms with van der Waals surface area (Å²) in [4.78, 5) is 11.5. The third-order valence-corrected chi connectivity index (χ3v) is 2.57. The molecule has 0 saturated heterocycles. The molecule has 0 bridgehead atoms. The quantitative estimate of drug-likeness (QED) is 0.582. The normalized spacial score (nSPS) is 21.5. The molecule has 1 aliphatic heterocycles. The van der Waals surface area contributed by atoms with Crippen LogP contribution in [0.1, 0.15) is 12.0 Å². The van der Waals surface area contributed by atoms with E-state index in [1.165, 1.54) is 5.56 Å². The smallest absolute Gasteiger partial charge is 0.219 e. The molecule has 1 aromatic carbocycles. The summed E-state index contributed by atoms with van der Waals surface area (Å²) in [5, 5.41) is 2.93. The summed E-state index contributed by atoms with van der Waals surface area (Å²) in [7, 11) is 1.97. The maximum absolute atomic E-state index is 11.5. The van der Waals surface area contributed by atoms with Crippen LogP contribution < -0.4 is 5.32 Å². The van der Waals surface area contributed by atoms with E-state index in [-0.39, 0.29) is 11.7 Å². The van der Waals surface area contributed by atoms with E-state index in [0.29, 0.717) is 0 Å². The van der Waals surface area contributed by atoms with Gasteiger partial charge in [-0.1, -0.05) is 18.2 Å². The van der Waals surface area contributed by atoms with Crippen molar-refractivity contribution in [1.82, 2.24) is 0 Å². The highest BCUT2D eigenvalue weighted by atomic mass is 16.1. The van der Waals surface area contributed by atoms with Gasteiger partial charge in [-0.15, -0.1) is 0 Å². The monoisotopic (exact) mass is 173 g/mol. The van der Waals surface area contributed by atoms with E-state index in [9.17, 15) is 4.79 Å². The molecule has 3 heteroatoms. The Morgan fingerprint density at radius 2 is 2.15 bits per heavy atom. The van der Waals surface area contributed by atoms with Gasteiger partial charge in [0.2, 0.25) is 5.91 Å². The Bertz CT molecular complexity index is 337. The number of amides is 1. The molecular weight excluding hydrogens is 161 g/mol. The van der Waals surface area contributed by atoms with Crippen molar-refractivity contribution >= 4 is 19.4 Å². The third-order valence-electron chi connectivity index (χ3n) is 2.57. The Labute approximate surface area is 78.7 Å². The lowest BCUT2D eigenvalue weighted by molar-refractivity contribution is -0.116. The number of fused-ring (bicyclic) bond motifs is 1. The van der Waals surface area contributed by atoms with Gasteiger partial charge >= 0.3 is 0 Å². The number of carbonyl (C=O) groups excluding carboxylic acids is 1. The summed E-state index contributed by atoms with van der Waals surface area (Å²) in [6, 6.07) is 8.01. The molecule has 0 saturated carbocycles. The summed E-state index contributed by atoms with van der Waals surface area (Å²) in [5.41, 5.74) is 2.23. The van der Waals surface area contributed by atoms with E-state index in [1.807, 2.05) is 26.0 Å². The predicted octanol–water partition coefficient (Wildman–Crippen LogP) is 0.993. The molecule has 1 unspecified atom stereocenters. The van der Waals surface area contributed by atoms with Gasteiger partial charge in [0.25, 0.3) is 0 Å². The number of anilines is 1. The molecule has 0 aliphatic carbocycles. The minimum Gasteiger partial charge on any atom is -0.326 e. The average molecular weight is 173 g/mol. The first-order valence-electron chi connectivity index (χ1n) is 4.66. The summed E-state index contributed by atoms with van der Waals surface area (Å²) in [6.07, 6.45) is 1.94. The number of nitrogens with one attached hydrogen (secondary N) is 1. The molecule has 0 fully saturated rings. The molecule has 0 spiro atoms. The van der Waals surface area contributed by atoms with E-state index < -0.39 is 0 Å². The fourth-order valence-electron chi connectivity index (χ4n) is 1.62. The molecule has 0 aromatic heterocycles. The predicted molar refractivity (Wildman–Crippen MR) is 55.7 cm³/mol. The van der Waals surface area contributed by atoms with Crippen LogP contribution in [-0.2, 0) is 11.2 Å². The zero-order chi connectivity index (χ0) is 9.26. The van der Waals surface area contributed by atoms with E-state index in [0.717, 1.165) is 18.5 Å². The van der Waals surface area contributed by atoms with Crippen LogP contribution in [0.5, 0.6) is 0 Å². The Kier molecular flexibility index (Phi) is 2.09. The molecule has 13 heavy (non-hydrogen) atoms. The van der Waals surface area contributed by atoms with Gasteiger partial charge in [0.05, 0.1) is 0 Å². The number of hydrogen-bond donors (Lipinski definition) is 1. The van der Waals surface area contributed by atoms with Gasteiger partial charge in [-0.3, -0.25) is 4.79 Å². The van der Waals surface area contributed by atoms with Crippen molar-refractivity contribution in [2.45, 2.75) is 18.7 Å². The van der Waals surface area contributed by atoms with Crippen molar-refractivity contribution in [3.8, 4) is 0 Å². The Morgan fingerprint density at radius 1 is 1.38 bits per heavy atom. The van der Waals surface area contributed by atoms with E-state index in [4.69, 9.17) is 0 Å². The standard InChI is InChI=1S/C10H12BNO/c11-8-6-5-7-3-1-2-4-9(7)12-10(8)13/h1-4,8H,5-6,11H2,(H,12,13). The zero-order valence-electron chi connectivity index (χ0n) is 7.71. The first-order chi connectivity index (χ1) is 6.27. The van der Waals surface area contributed by atoms with Crippen molar-refractivity contribution < 1.29 is 4.79 Å². The van der Waals surface area contributed by atoms with Gasteiger partial charge in [0, 0.05) is 11.5 Å². The Morgan fingerprint density at radius 3 is 3.00 bits per heavy atom. The number of carbonyl (C=O) groups is 1. The SMILES string of the molecule is BC1CCc2ccccc2NC1=O. The van der Waals surface area contributed by atoms with Crippen molar-refractivity contribution in [3.63, 3.8) is 0 Å². The summed E-state index contributed by atoms with van der Waals surface area (Å²) >= 11 is 0.